The highest BCUT2D eigenvalue weighted by molar-refractivity contribution is 5.91. The average molecular weight is 504 g/mol. The van der Waals surface area contributed by atoms with Crippen LogP contribution in [0.2, 0.25) is 0 Å². The van der Waals surface area contributed by atoms with Gasteiger partial charge >= 0.3 is 0 Å². The van der Waals surface area contributed by atoms with Crippen molar-refractivity contribution in [3.63, 3.8) is 0 Å². The summed E-state index contributed by atoms with van der Waals surface area (Å²) in [6.07, 6.45) is 2.73. The molecule has 5 heterocycles. The van der Waals surface area contributed by atoms with Crippen LogP contribution in [0, 0.1) is 11.3 Å². The first-order valence-electron chi connectivity index (χ1n) is 12.0. The Hall–Kier alpha value is -4.21. The van der Waals surface area contributed by atoms with E-state index in [1.54, 1.807) is 42.7 Å². The van der Waals surface area contributed by atoms with E-state index in [0.717, 1.165) is 13.1 Å². The fraction of sp³-hybridized carbons (Fsp3) is 0.360. The molecule has 2 saturated heterocycles. The van der Waals surface area contributed by atoms with Gasteiger partial charge in [-0.05, 0) is 36.8 Å². The second kappa shape index (κ2) is 11.2. The summed E-state index contributed by atoms with van der Waals surface area (Å²) in [4.78, 5) is 33.6. The molecule has 12 heteroatoms. The molecule has 0 aliphatic carbocycles. The molecule has 3 aromatic rings. The summed E-state index contributed by atoms with van der Waals surface area (Å²) in [6.45, 7) is 3.86. The number of ether oxygens (including phenoxy) is 1. The van der Waals surface area contributed by atoms with Crippen molar-refractivity contribution < 1.29 is 13.9 Å². The molecule has 0 aromatic carbocycles. The fourth-order valence-corrected chi connectivity index (χ4v) is 4.25. The molecule has 190 valence electrons. The number of rotatable bonds is 7. The van der Waals surface area contributed by atoms with E-state index in [4.69, 9.17) is 4.74 Å². The Balaban J connectivity index is 1.23. The van der Waals surface area contributed by atoms with Crippen LogP contribution in [0.15, 0.2) is 42.7 Å². The molecular weight excluding hydrogens is 477 g/mol. The molecule has 37 heavy (non-hydrogen) atoms. The van der Waals surface area contributed by atoms with Crippen LogP contribution in [0.1, 0.15) is 12.1 Å². The zero-order chi connectivity index (χ0) is 25.6. The van der Waals surface area contributed by atoms with Crippen LogP contribution in [0.5, 0.6) is 0 Å². The molecule has 2 aliphatic rings. The van der Waals surface area contributed by atoms with Gasteiger partial charge in [0.05, 0.1) is 48.7 Å². The number of nitrogens with one attached hydrogen (secondary N) is 2. The topological polar surface area (TPSA) is 132 Å². The number of carbonyl (C=O) groups excluding carboxylic acids is 1. The number of aromatic nitrogens is 4. The number of amides is 1. The third-order valence-corrected chi connectivity index (χ3v) is 6.13. The van der Waals surface area contributed by atoms with E-state index < -0.39 is 6.17 Å². The van der Waals surface area contributed by atoms with Crippen molar-refractivity contribution in [1.29, 1.82) is 5.26 Å². The van der Waals surface area contributed by atoms with E-state index in [0.29, 0.717) is 67.3 Å². The number of hydrogen-bond acceptors (Lipinski definition) is 10. The van der Waals surface area contributed by atoms with E-state index in [1.807, 2.05) is 9.80 Å². The Labute approximate surface area is 213 Å². The SMILES string of the molecule is N#Cc1nc(-c2ccnc(Nc3ccc(NC(=O)CN4CCOCC4)nc3)n2)ccc1N1CCC(F)C1. The van der Waals surface area contributed by atoms with Crippen molar-refractivity contribution in [2.24, 2.45) is 0 Å². The van der Waals surface area contributed by atoms with Crippen molar-refractivity contribution in [1.82, 2.24) is 24.8 Å². The van der Waals surface area contributed by atoms with Gasteiger partial charge in [-0.3, -0.25) is 9.69 Å². The zero-order valence-corrected chi connectivity index (χ0v) is 20.1. The lowest BCUT2D eigenvalue weighted by Crippen LogP contribution is -2.41. The minimum atomic E-state index is -0.892. The van der Waals surface area contributed by atoms with Gasteiger partial charge in [0.1, 0.15) is 18.1 Å². The highest BCUT2D eigenvalue weighted by atomic mass is 19.1. The second-order valence-corrected chi connectivity index (χ2v) is 8.77. The molecule has 5 rings (SSSR count). The number of anilines is 4. The predicted octanol–water partition coefficient (Wildman–Crippen LogP) is 2.37. The molecule has 3 aromatic heterocycles. The molecule has 11 nitrogen and oxygen atoms in total. The van der Waals surface area contributed by atoms with Crippen LogP contribution >= 0.6 is 0 Å². The maximum atomic E-state index is 13.6. The third-order valence-electron chi connectivity index (χ3n) is 6.13. The lowest BCUT2D eigenvalue weighted by Gasteiger charge is -2.25. The first kappa shape index (κ1) is 24.5. The summed E-state index contributed by atoms with van der Waals surface area (Å²) in [5, 5.41) is 15.5. The first-order chi connectivity index (χ1) is 18.1. The summed E-state index contributed by atoms with van der Waals surface area (Å²) >= 11 is 0. The molecule has 2 fully saturated rings. The summed E-state index contributed by atoms with van der Waals surface area (Å²) in [5.74, 6) is 0.645. The molecule has 0 saturated carbocycles. The van der Waals surface area contributed by atoms with Crippen LogP contribution in [-0.2, 0) is 9.53 Å². The number of carbonyl (C=O) groups is 1. The normalized spacial score (nSPS) is 17.8. The molecule has 1 unspecified atom stereocenters. The Kier molecular flexibility index (Phi) is 7.43. The number of pyridine rings is 2. The standard InChI is InChI=1S/C25H26FN9O2/c26-17-6-8-35(15-17)22-3-2-19(31-21(22)13-27)20-5-7-28-25(32-20)30-18-1-4-23(29-14-18)33-24(36)16-34-9-11-37-12-10-34/h1-5,7,14,17H,6,8-12,15-16H2,(H,28,30,32)(H,29,33,36). The van der Waals surface area contributed by atoms with Crippen LogP contribution in [-0.4, -0.2) is 82.9 Å². The quantitative estimate of drug-likeness (QED) is 0.495. The van der Waals surface area contributed by atoms with Gasteiger partial charge in [0, 0.05) is 32.4 Å². The van der Waals surface area contributed by atoms with Crippen LogP contribution in [0.4, 0.5) is 27.5 Å². The van der Waals surface area contributed by atoms with Gasteiger partial charge in [-0.1, -0.05) is 0 Å². The van der Waals surface area contributed by atoms with Crippen molar-refractivity contribution in [3.8, 4) is 17.5 Å². The number of morpholine rings is 1. The summed E-state index contributed by atoms with van der Waals surface area (Å²) in [7, 11) is 0. The molecule has 0 spiro atoms. The monoisotopic (exact) mass is 503 g/mol. The van der Waals surface area contributed by atoms with Gasteiger partial charge in [0.15, 0.2) is 5.69 Å². The minimum absolute atomic E-state index is 0.129. The van der Waals surface area contributed by atoms with E-state index in [-0.39, 0.29) is 18.1 Å². The van der Waals surface area contributed by atoms with E-state index in [1.165, 1.54) is 0 Å². The van der Waals surface area contributed by atoms with Gasteiger partial charge in [0.25, 0.3) is 0 Å². The third kappa shape index (κ3) is 6.14. The minimum Gasteiger partial charge on any atom is -0.379 e. The predicted molar refractivity (Wildman–Crippen MR) is 135 cm³/mol. The van der Waals surface area contributed by atoms with Gasteiger partial charge in [-0.2, -0.15) is 5.26 Å². The molecule has 1 atom stereocenters. The molecule has 2 N–H and O–H groups in total. The van der Waals surface area contributed by atoms with E-state index in [2.05, 4.69) is 36.6 Å². The Morgan fingerprint density at radius 2 is 1.95 bits per heavy atom. The summed E-state index contributed by atoms with van der Waals surface area (Å²) in [6, 6.07) is 10.8. The van der Waals surface area contributed by atoms with Crippen molar-refractivity contribution in [3.05, 3.63) is 48.4 Å². The van der Waals surface area contributed by atoms with Crippen molar-refractivity contribution in [2.75, 3.05) is 61.5 Å². The largest absolute Gasteiger partial charge is 0.379 e. The lowest BCUT2D eigenvalue weighted by molar-refractivity contribution is -0.118. The van der Waals surface area contributed by atoms with Gasteiger partial charge in [-0.25, -0.2) is 24.3 Å². The fourth-order valence-electron chi connectivity index (χ4n) is 4.25. The number of hydrogen-bond donors (Lipinski definition) is 2. The summed E-state index contributed by atoms with van der Waals surface area (Å²) < 4.78 is 18.9. The number of nitrogens with zero attached hydrogens (tertiary/aromatic N) is 7. The Bertz CT molecular complexity index is 1290. The number of halogens is 1. The Morgan fingerprint density at radius 3 is 2.68 bits per heavy atom. The first-order valence-corrected chi connectivity index (χ1v) is 12.0. The Morgan fingerprint density at radius 1 is 1.11 bits per heavy atom. The maximum Gasteiger partial charge on any atom is 0.239 e. The smallest absolute Gasteiger partial charge is 0.239 e. The average Bonchev–Trinajstić information content (AvgIpc) is 3.36. The van der Waals surface area contributed by atoms with Gasteiger partial charge < -0.3 is 20.3 Å². The summed E-state index contributed by atoms with van der Waals surface area (Å²) in [5.41, 5.74) is 2.54. The highest BCUT2D eigenvalue weighted by Crippen LogP contribution is 2.27. The van der Waals surface area contributed by atoms with Crippen LogP contribution < -0.4 is 15.5 Å². The lowest BCUT2D eigenvalue weighted by atomic mass is 10.2. The van der Waals surface area contributed by atoms with Gasteiger partial charge in [0.2, 0.25) is 11.9 Å². The number of alkyl halides is 1. The van der Waals surface area contributed by atoms with E-state index >= 15 is 0 Å². The second-order valence-electron chi connectivity index (χ2n) is 8.77. The molecule has 2 aliphatic heterocycles. The molecule has 0 radical (unpaired) electrons. The van der Waals surface area contributed by atoms with E-state index in [9.17, 15) is 14.4 Å². The highest BCUT2D eigenvalue weighted by Gasteiger charge is 2.24. The van der Waals surface area contributed by atoms with Crippen LogP contribution in [0.3, 0.4) is 0 Å². The van der Waals surface area contributed by atoms with Crippen molar-refractivity contribution >= 4 is 29.0 Å². The van der Waals surface area contributed by atoms with Crippen LogP contribution in [0.25, 0.3) is 11.4 Å². The van der Waals surface area contributed by atoms with Crippen molar-refractivity contribution in [2.45, 2.75) is 12.6 Å². The molecule has 1 amide bonds. The van der Waals surface area contributed by atoms with Gasteiger partial charge in [-0.15, -0.1) is 0 Å². The molecule has 0 bridgehead atoms. The number of nitriles is 1. The zero-order valence-electron chi connectivity index (χ0n) is 20.1. The maximum absolute atomic E-state index is 13.6. The molecular formula is C25H26FN9O2.